The minimum Gasteiger partial charge on any atom is -0.334 e. The van der Waals surface area contributed by atoms with E-state index < -0.39 is 11.0 Å². The molecule has 0 aliphatic carbocycles. The van der Waals surface area contributed by atoms with Crippen molar-refractivity contribution >= 4 is 23.3 Å². The third-order valence-corrected chi connectivity index (χ3v) is 3.49. The van der Waals surface area contributed by atoms with Gasteiger partial charge in [0.1, 0.15) is 0 Å². The molecule has 0 spiro atoms. The Balaban J connectivity index is 2.23. The van der Waals surface area contributed by atoms with Crippen molar-refractivity contribution in [1.82, 2.24) is 5.32 Å². The summed E-state index contributed by atoms with van der Waals surface area (Å²) in [7, 11) is 0. The summed E-state index contributed by atoms with van der Waals surface area (Å²) < 4.78 is 0. The molecular weight excluding hydrogens is 274 g/mol. The first-order valence-electron chi connectivity index (χ1n) is 6.58. The van der Waals surface area contributed by atoms with E-state index in [1.54, 1.807) is 0 Å². The van der Waals surface area contributed by atoms with Crippen LogP contribution in [0.2, 0.25) is 0 Å². The van der Waals surface area contributed by atoms with Crippen molar-refractivity contribution in [2.24, 2.45) is 5.41 Å². The van der Waals surface area contributed by atoms with E-state index >= 15 is 0 Å². The number of imide groups is 1. The van der Waals surface area contributed by atoms with Gasteiger partial charge in [-0.25, -0.2) is 9.69 Å². The number of nitro groups is 1. The summed E-state index contributed by atoms with van der Waals surface area (Å²) in [4.78, 5) is 35.5. The number of nitrogens with zero attached hydrogens (tertiary/aromatic N) is 2. The number of rotatable bonds is 2. The van der Waals surface area contributed by atoms with Crippen LogP contribution < -0.4 is 10.2 Å². The Morgan fingerprint density at radius 2 is 1.81 bits per heavy atom. The summed E-state index contributed by atoms with van der Waals surface area (Å²) in [6, 6.07) is 4.60. The van der Waals surface area contributed by atoms with Crippen LogP contribution in [0.5, 0.6) is 0 Å². The number of nitrogens with one attached hydrogen (secondary N) is 1. The van der Waals surface area contributed by atoms with Crippen molar-refractivity contribution in [2.75, 3.05) is 4.90 Å². The summed E-state index contributed by atoms with van der Waals surface area (Å²) in [6.07, 6.45) is 0.201. The molecule has 0 bridgehead atoms. The molecule has 2 rings (SSSR count). The van der Waals surface area contributed by atoms with Gasteiger partial charge in [0.2, 0.25) is 5.91 Å². The monoisotopic (exact) mass is 291 g/mol. The number of amides is 3. The molecule has 1 unspecified atom stereocenters. The number of non-ortho nitro benzene ring substituents is 1. The fraction of sp³-hybridized carbons (Fsp3) is 0.429. The molecular formula is C14H17N3O4. The van der Waals surface area contributed by atoms with Gasteiger partial charge in [-0.1, -0.05) is 20.8 Å². The lowest BCUT2D eigenvalue weighted by Crippen LogP contribution is -2.58. The maximum absolute atomic E-state index is 12.2. The maximum atomic E-state index is 12.2. The van der Waals surface area contributed by atoms with E-state index in [1.165, 1.54) is 24.3 Å². The number of nitro benzene ring substituents is 1. The first kappa shape index (κ1) is 15.0. The summed E-state index contributed by atoms with van der Waals surface area (Å²) in [5, 5.41) is 13.4. The van der Waals surface area contributed by atoms with Crippen LogP contribution in [0.3, 0.4) is 0 Å². The van der Waals surface area contributed by atoms with Gasteiger partial charge in [-0.05, 0) is 17.5 Å². The highest BCUT2D eigenvalue weighted by atomic mass is 16.6. The van der Waals surface area contributed by atoms with Gasteiger partial charge in [0.15, 0.2) is 0 Å². The van der Waals surface area contributed by atoms with Gasteiger partial charge in [-0.3, -0.25) is 14.9 Å². The molecule has 1 fully saturated rings. The predicted octanol–water partition coefficient (Wildman–Crippen LogP) is 2.46. The zero-order valence-electron chi connectivity index (χ0n) is 12.1. The van der Waals surface area contributed by atoms with E-state index in [1.807, 2.05) is 20.8 Å². The van der Waals surface area contributed by atoms with Gasteiger partial charge < -0.3 is 5.32 Å². The fourth-order valence-corrected chi connectivity index (χ4v) is 2.15. The van der Waals surface area contributed by atoms with Crippen LogP contribution >= 0.6 is 0 Å². The second-order valence-electron chi connectivity index (χ2n) is 6.07. The second kappa shape index (κ2) is 5.16. The summed E-state index contributed by atoms with van der Waals surface area (Å²) >= 11 is 0. The zero-order valence-corrected chi connectivity index (χ0v) is 12.1. The van der Waals surface area contributed by atoms with Gasteiger partial charge in [0, 0.05) is 24.6 Å². The number of anilines is 1. The Morgan fingerprint density at radius 1 is 1.24 bits per heavy atom. The van der Waals surface area contributed by atoms with Crippen molar-refractivity contribution in [1.29, 1.82) is 0 Å². The van der Waals surface area contributed by atoms with E-state index in [0.29, 0.717) is 5.69 Å². The van der Waals surface area contributed by atoms with Crippen LogP contribution in [-0.2, 0) is 4.79 Å². The van der Waals surface area contributed by atoms with Crippen LogP contribution in [0, 0.1) is 15.5 Å². The Bertz CT molecular complexity index is 571. The van der Waals surface area contributed by atoms with Crippen LogP contribution in [0.15, 0.2) is 24.3 Å². The highest BCUT2D eigenvalue weighted by molar-refractivity contribution is 6.16. The van der Waals surface area contributed by atoms with Crippen molar-refractivity contribution in [2.45, 2.75) is 33.2 Å². The number of carbonyl (C=O) groups excluding carboxylic acids is 2. The molecule has 21 heavy (non-hydrogen) atoms. The summed E-state index contributed by atoms with van der Waals surface area (Å²) in [5.41, 5.74) is 0.0269. The lowest BCUT2D eigenvalue weighted by molar-refractivity contribution is -0.384. The topological polar surface area (TPSA) is 92.6 Å². The number of benzene rings is 1. The van der Waals surface area contributed by atoms with Gasteiger partial charge in [-0.15, -0.1) is 0 Å². The highest BCUT2D eigenvalue weighted by Crippen LogP contribution is 2.28. The Hall–Kier alpha value is -2.44. The molecule has 112 valence electrons. The molecule has 1 aromatic carbocycles. The molecule has 7 heteroatoms. The SMILES string of the molecule is CC(C)(C)C1CC(=O)N(c2ccc([N+](=O)[O-])cc2)C(=O)N1. The Labute approximate surface area is 122 Å². The molecule has 1 N–H and O–H groups in total. The van der Waals surface area contributed by atoms with Gasteiger partial charge >= 0.3 is 6.03 Å². The number of urea groups is 1. The molecule has 7 nitrogen and oxygen atoms in total. The molecule has 0 radical (unpaired) electrons. The minimum atomic E-state index is -0.530. The normalized spacial score (nSPS) is 19.4. The second-order valence-corrected chi connectivity index (χ2v) is 6.07. The zero-order chi connectivity index (χ0) is 15.8. The van der Waals surface area contributed by atoms with Crippen LogP contribution in [0.4, 0.5) is 16.2 Å². The van der Waals surface area contributed by atoms with Crippen molar-refractivity contribution in [3.63, 3.8) is 0 Å². The molecule has 1 saturated heterocycles. The number of hydrogen-bond acceptors (Lipinski definition) is 4. The number of carbonyl (C=O) groups is 2. The highest BCUT2D eigenvalue weighted by Gasteiger charge is 2.38. The quantitative estimate of drug-likeness (QED) is 0.669. The Kier molecular flexibility index (Phi) is 3.67. The first-order chi connectivity index (χ1) is 9.70. The van der Waals surface area contributed by atoms with Crippen molar-refractivity contribution in [3.8, 4) is 0 Å². The van der Waals surface area contributed by atoms with E-state index in [-0.39, 0.29) is 29.5 Å². The molecule has 1 aliphatic rings. The molecule has 1 atom stereocenters. The molecule has 0 aromatic heterocycles. The standard InChI is InChI=1S/C14H17N3O4/c1-14(2,3)11-8-12(18)16(13(19)15-11)9-4-6-10(7-5-9)17(20)21/h4-7,11H,8H2,1-3H3,(H,15,19). The van der Waals surface area contributed by atoms with Gasteiger partial charge in [0.25, 0.3) is 5.69 Å². The fourth-order valence-electron chi connectivity index (χ4n) is 2.15. The number of hydrogen-bond donors (Lipinski definition) is 1. The van der Waals surface area contributed by atoms with E-state index in [2.05, 4.69) is 5.32 Å². The Morgan fingerprint density at radius 3 is 2.24 bits per heavy atom. The smallest absolute Gasteiger partial charge is 0.328 e. The summed E-state index contributed by atoms with van der Waals surface area (Å²) in [6.45, 7) is 5.85. The van der Waals surface area contributed by atoms with Crippen LogP contribution in [0.1, 0.15) is 27.2 Å². The largest absolute Gasteiger partial charge is 0.334 e. The van der Waals surface area contributed by atoms with Crippen LogP contribution in [-0.4, -0.2) is 22.9 Å². The van der Waals surface area contributed by atoms with Crippen LogP contribution in [0.25, 0.3) is 0 Å². The molecule has 1 aromatic rings. The average Bonchev–Trinajstić information content (AvgIpc) is 2.37. The average molecular weight is 291 g/mol. The van der Waals surface area contributed by atoms with Gasteiger partial charge in [-0.2, -0.15) is 0 Å². The molecule has 1 heterocycles. The third-order valence-electron chi connectivity index (χ3n) is 3.49. The van der Waals surface area contributed by atoms with E-state index in [9.17, 15) is 19.7 Å². The lowest BCUT2D eigenvalue weighted by atomic mass is 9.83. The molecule has 0 saturated carbocycles. The third kappa shape index (κ3) is 3.01. The van der Waals surface area contributed by atoms with Crippen molar-refractivity contribution < 1.29 is 14.5 Å². The molecule has 1 aliphatic heterocycles. The van der Waals surface area contributed by atoms with E-state index in [4.69, 9.17) is 0 Å². The van der Waals surface area contributed by atoms with E-state index in [0.717, 1.165) is 4.90 Å². The minimum absolute atomic E-state index is 0.0869. The molecule has 3 amide bonds. The maximum Gasteiger partial charge on any atom is 0.328 e. The predicted molar refractivity (Wildman–Crippen MR) is 77.0 cm³/mol. The lowest BCUT2D eigenvalue weighted by Gasteiger charge is -2.38. The van der Waals surface area contributed by atoms with Gasteiger partial charge in [0.05, 0.1) is 10.6 Å². The summed E-state index contributed by atoms with van der Waals surface area (Å²) in [5.74, 6) is -0.312. The first-order valence-corrected chi connectivity index (χ1v) is 6.58. The van der Waals surface area contributed by atoms with Crippen molar-refractivity contribution in [3.05, 3.63) is 34.4 Å².